The van der Waals surface area contributed by atoms with Gasteiger partial charge in [0.15, 0.2) is 0 Å². The van der Waals surface area contributed by atoms with E-state index in [2.05, 4.69) is 5.10 Å². The third kappa shape index (κ3) is 1.31. The zero-order valence-corrected chi connectivity index (χ0v) is 9.87. The quantitative estimate of drug-likeness (QED) is 0.778. The summed E-state index contributed by atoms with van der Waals surface area (Å²) in [4.78, 5) is 23.7. The van der Waals surface area contributed by atoms with Gasteiger partial charge in [-0.15, -0.1) is 0 Å². The molecule has 5 nitrogen and oxygen atoms in total. The highest BCUT2D eigenvalue weighted by Crippen LogP contribution is 2.13. The molecule has 16 heavy (non-hydrogen) atoms. The lowest BCUT2D eigenvalue weighted by Gasteiger charge is -2.13. The number of hydrogen-bond acceptors (Lipinski definition) is 2. The van der Waals surface area contributed by atoms with E-state index in [-0.39, 0.29) is 17.2 Å². The SMILES string of the molecule is Cc1c2c(=O)n(C)[nH]c2cc(=O)n1C(C)C. The van der Waals surface area contributed by atoms with Crippen LogP contribution in [-0.4, -0.2) is 14.3 Å². The summed E-state index contributed by atoms with van der Waals surface area (Å²) in [5, 5.41) is 3.46. The van der Waals surface area contributed by atoms with Crippen LogP contribution in [0.25, 0.3) is 10.9 Å². The minimum atomic E-state index is -0.0955. The Hall–Kier alpha value is -1.78. The Morgan fingerprint density at radius 1 is 1.31 bits per heavy atom. The fraction of sp³-hybridized carbons (Fsp3) is 0.455. The Bertz CT molecular complexity index is 658. The van der Waals surface area contributed by atoms with Crippen LogP contribution in [0.1, 0.15) is 25.6 Å². The van der Waals surface area contributed by atoms with Crippen LogP contribution in [0.4, 0.5) is 0 Å². The number of fused-ring (bicyclic) bond motifs is 1. The monoisotopic (exact) mass is 221 g/mol. The van der Waals surface area contributed by atoms with Crippen LogP contribution < -0.4 is 11.1 Å². The minimum absolute atomic E-state index is 0.0523. The summed E-state index contributed by atoms with van der Waals surface area (Å²) in [6.07, 6.45) is 0. The van der Waals surface area contributed by atoms with Crippen LogP contribution in [0.5, 0.6) is 0 Å². The maximum Gasteiger partial charge on any atom is 0.275 e. The van der Waals surface area contributed by atoms with E-state index in [9.17, 15) is 9.59 Å². The average Bonchev–Trinajstić information content (AvgIpc) is 2.41. The van der Waals surface area contributed by atoms with Gasteiger partial charge in [-0.2, -0.15) is 0 Å². The number of aromatic nitrogens is 3. The normalized spacial score (nSPS) is 11.6. The van der Waals surface area contributed by atoms with Crippen molar-refractivity contribution in [2.24, 2.45) is 7.05 Å². The molecule has 0 aromatic carbocycles. The van der Waals surface area contributed by atoms with E-state index < -0.39 is 0 Å². The van der Waals surface area contributed by atoms with Crippen LogP contribution in [0.15, 0.2) is 15.7 Å². The Morgan fingerprint density at radius 3 is 2.50 bits per heavy atom. The molecule has 5 heteroatoms. The molecular weight excluding hydrogens is 206 g/mol. The van der Waals surface area contributed by atoms with Gasteiger partial charge in [0.25, 0.3) is 11.1 Å². The van der Waals surface area contributed by atoms with E-state index >= 15 is 0 Å². The summed E-state index contributed by atoms with van der Waals surface area (Å²) < 4.78 is 3.03. The Balaban J connectivity index is 3.03. The topological polar surface area (TPSA) is 59.8 Å². The number of hydrogen-bond donors (Lipinski definition) is 1. The molecule has 0 aliphatic rings. The van der Waals surface area contributed by atoms with Gasteiger partial charge < -0.3 is 4.57 Å². The van der Waals surface area contributed by atoms with Crippen molar-refractivity contribution < 1.29 is 0 Å². The fourth-order valence-electron chi connectivity index (χ4n) is 2.14. The number of H-pyrrole nitrogens is 1. The van der Waals surface area contributed by atoms with Crippen molar-refractivity contribution in [2.75, 3.05) is 0 Å². The summed E-state index contributed by atoms with van der Waals surface area (Å²) in [6, 6.07) is 1.53. The maximum atomic E-state index is 11.9. The predicted molar refractivity (Wildman–Crippen MR) is 62.9 cm³/mol. The van der Waals surface area contributed by atoms with Crippen LogP contribution in [-0.2, 0) is 7.05 Å². The highest BCUT2D eigenvalue weighted by atomic mass is 16.1. The second-order valence-electron chi connectivity index (χ2n) is 4.30. The first-order valence-electron chi connectivity index (χ1n) is 5.24. The van der Waals surface area contributed by atoms with Crippen molar-refractivity contribution in [3.05, 3.63) is 32.5 Å². The summed E-state index contributed by atoms with van der Waals surface area (Å²) in [7, 11) is 1.64. The summed E-state index contributed by atoms with van der Waals surface area (Å²) in [5.74, 6) is 0. The standard InChI is InChI=1S/C11H15N3O2/c1-6(2)14-7(3)10-8(5-9(14)15)12-13(4)11(10)16/h5-6,12H,1-4H3. The van der Waals surface area contributed by atoms with E-state index in [0.717, 1.165) is 5.69 Å². The van der Waals surface area contributed by atoms with Crippen LogP contribution in [0.3, 0.4) is 0 Å². The van der Waals surface area contributed by atoms with Gasteiger partial charge in [0.1, 0.15) is 0 Å². The largest absolute Gasteiger partial charge is 0.309 e. The minimum Gasteiger partial charge on any atom is -0.309 e. The summed E-state index contributed by atoms with van der Waals surface area (Å²) in [5.41, 5.74) is 1.15. The average molecular weight is 221 g/mol. The van der Waals surface area contributed by atoms with Crippen LogP contribution in [0, 0.1) is 6.92 Å². The fourth-order valence-corrected chi connectivity index (χ4v) is 2.14. The molecular formula is C11H15N3O2. The second-order valence-corrected chi connectivity index (χ2v) is 4.30. The van der Waals surface area contributed by atoms with E-state index in [0.29, 0.717) is 10.9 Å². The van der Waals surface area contributed by atoms with Gasteiger partial charge in [0.05, 0.1) is 10.9 Å². The Labute approximate surface area is 92.3 Å². The van der Waals surface area contributed by atoms with Gasteiger partial charge in [-0.3, -0.25) is 19.4 Å². The highest BCUT2D eigenvalue weighted by molar-refractivity contribution is 5.79. The van der Waals surface area contributed by atoms with Crippen molar-refractivity contribution in [2.45, 2.75) is 26.8 Å². The molecule has 0 radical (unpaired) electrons. The van der Waals surface area contributed by atoms with E-state index in [1.54, 1.807) is 18.5 Å². The Kier molecular flexibility index (Phi) is 2.26. The summed E-state index contributed by atoms with van der Waals surface area (Å²) in [6.45, 7) is 5.66. The first-order valence-corrected chi connectivity index (χ1v) is 5.24. The van der Waals surface area contributed by atoms with Crippen molar-refractivity contribution >= 4 is 10.9 Å². The van der Waals surface area contributed by atoms with Crippen LogP contribution in [0.2, 0.25) is 0 Å². The third-order valence-electron chi connectivity index (χ3n) is 2.82. The first kappa shape index (κ1) is 10.7. The van der Waals surface area contributed by atoms with Crippen molar-refractivity contribution in [3.8, 4) is 0 Å². The van der Waals surface area contributed by atoms with E-state index in [4.69, 9.17) is 0 Å². The highest BCUT2D eigenvalue weighted by Gasteiger charge is 2.13. The number of nitrogens with zero attached hydrogens (tertiary/aromatic N) is 2. The molecule has 0 atom stereocenters. The lowest BCUT2D eigenvalue weighted by atomic mass is 10.2. The molecule has 0 saturated carbocycles. The molecule has 0 saturated heterocycles. The molecule has 0 aliphatic carbocycles. The molecule has 2 heterocycles. The smallest absolute Gasteiger partial charge is 0.275 e. The Morgan fingerprint density at radius 2 is 1.94 bits per heavy atom. The van der Waals surface area contributed by atoms with Crippen molar-refractivity contribution in [3.63, 3.8) is 0 Å². The molecule has 2 aromatic rings. The first-order chi connectivity index (χ1) is 7.43. The van der Waals surface area contributed by atoms with Gasteiger partial charge in [0.2, 0.25) is 0 Å². The third-order valence-corrected chi connectivity index (χ3v) is 2.82. The van der Waals surface area contributed by atoms with Crippen molar-refractivity contribution in [1.29, 1.82) is 0 Å². The zero-order valence-electron chi connectivity index (χ0n) is 9.87. The number of aromatic amines is 1. The maximum absolute atomic E-state index is 11.9. The van der Waals surface area contributed by atoms with E-state index in [1.165, 1.54) is 10.7 Å². The summed E-state index contributed by atoms with van der Waals surface area (Å²) >= 11 is 0. The molecule has 0 aliphatic heterocycles. The van der Waals surface area contributed by atoms with Crippen molar-refractivity contribution in [1.82, 2.24) is 14.3 Å². The molecule has 0 fully saturated rings. The molecule has 1 N–H and O–H groups in total. The van der Waals surface area contributed by atoms with Gasteiger partial charge >= 0.3 is 0 Å². The van der Waals surface area contributed by atoms with E-state index in [1.807, 2.05) is 13.8 Å². The lowest BCUT2D eigenvalue weighted by molar-refractivity contribution is 0.567. The molecule has 86 valence electrons. The molecule has 0 amide bonds. The second kappa shape index (κ2) is 3.37. The van der Waals surface area contributed by atoms with Gasteiger partial charge in [-0.05, 0) is 20.8 Å². The molecule has 0 spiro atoms. The number of pyridine rings is 1. The number of aryl methyl sites for hydroxylation is 2. The zero-order chi connectivity index (χ0) is 12.0. The van der Waals surface area contributed by atoms with Gasteiger partial charge in [0, 0.05) is 24.8 Å². The molecule has 2 aromatic heterocycles. The van der Waals surface area contributed by atoms with Gasteiger partial charge in [-0.25, -0.2) is 0 Å². The van der Waals surface area contributed by atoms with Gasteiger partial charge in [-0.1, -0.05) is 0 Å². The number of nitrogens with one attached hydrogen (secondary N) is 1. The molecule has 0 unspecified atom stereocenters. The molecule has 2 rings (SSSR count). The molecule has 0 bridgehead atoms. The lowest BCUT2D eigenvalue weighted by Crippen LogP contribution is -2.24. The van der Waals surface area contributed by atoms with Crippen LogP contribution >= 0.6 is 0 Å². The predicted octanol–water partition coefficient (Wildman–Crippen LogP) is 0.918. The number of rotatable bonds is 1.